The second kappa shape index (κ2) is 12.9. The largest absolute Gasteiger partial charge is 0.338 e. The van der Waals surface area contributed by atoms with Gasteiger partial charge < -0.3 is 4.57 Å². The maximum absolute atomic E-state index is 4.37. The molecule has 0 fully saturated rings. The van der Waals surface area contributed by atoms with Gasteiger partial charge in [-0.2, -0.15) is 0 Å². The normalized spacial score (nSPS) is 11.1. The minimum atomic E-state index is 1.14. The average molecular weight is 293 g/mol. The average Bonchev–Trinajstić information content (AvgIpc) is 2.89. The third-order valence-electron chi connectivity index (χ3n) is 4.42. The lowest BCUT2D eigenvalue weighted by atomic mass is 10.0. The van der Waals surface area contributed by atoms with Gasteiger partial charge in [0.2, 0.25) is 0 Å². The van der Waals surface area contributed by atoms with Crippen LogP contribution in [0.5, 0.6) is 0 Å². The quantitative estimate of drug-likeness (QED) is 0.381. The molecular weight excluding hydrogens is 256 g/mol. The predicted molar refractivity (Wildman–Crippen MR) is 92.6 cm³/mol. The zero-order chi connectivity index (χ0) is 15.2. The first-order valence-corrected chi connectivity index (χ1v) is 9.30. The van der Waals surface area contributed by atoms with E-state index in [2.05, 4.69) is 23.5 Å². The highest BCUT2D eigenvalue weighted by molar-refractivity contribution is 4.90. The van der Waals surface area contributed by atoms with Crippen molar-refractivity contribution in [1.29, 1.82) is 0 Å². The summed E-state index contributed by atoms with van der Waals surface area (Å²) in [4.78, 5) is 4.37. The van der Waals surface area contributed by atoms with Crippen molar-refractivity contribution >= 4 is 0 Å². The molecule has 0 aliphatic rings. The smallest absolute Gasteiger partial charge is 0.108 e. The number of unbranched alkanes of at least 4 members (excludes halogenated alkanes) is 12. The number of aryl methyl sites for hydroxylation is 2. The van der Waals surface area contributed by atoms with Crippen molar-refractivity contribution in [3.63, 3.8) is 0 Å². The van der Waals surface area contributed by atoms with Gasteiger partial charge in [0.05, 0.1) is 0 Å². The van der Waals surface area contributed by atoms with E-state index in [1.54, 1.807) is 0 Å². The SMILES string of the molecule is CCCCCCCCCCCCCCCc1nccn1C. The summed E-state index contributed by atoms with van der Waals surface area (Å²) in [6.45, 7) is 2.29. The Morgan fingerprint density at radius 1 is 0.762 bits per heavy atom. The highest BCUT2D eigenvalue weighted by Gasteiger charge is 1.98. The van der Waals surface area contributed by atoms with E-state index in [0.717, 1.165) is 6.42 Å². The molecule has 1 heterocycles. The Bertz CT molecular complexity index is 330. The minimum Gasteiger partial charge on any atom is -0.338 e. The molecular formula is C19H36N2. The first-order chi connectivity index (χ1) is 10.3. The van der Waals surface area contributed by atoms with Gasteiger partial charge in [-0.15, -0.1) is 0 Å². The molecule has 1 aromatic rings. The van der Waals surface area contributed by atoms with Gasteiger partial charge in [-0.1, -0.05) is 84.0 Å². The van der Waals surface area contributed by atoms with Crippen molar-refractivity contribution in [1.82, 2.24) is 9.55 Å². The standard InChI is InChI=1S/C19H36N2/c1-3-4-5-6-7-8-9-10-11-12-13-14-15-16-19-20-17-18-21(19)2/h17-18H,3-16H2,1-2H3. The fourth-order valence-electron chi connectivity index (χ4n) is 2.94. The van der Waals surface area contributed by atoms with Crippen molar-refractivity contribution in [3.8, 4) is 0 Å². The molecule has 0 unspecified atom stereocenters. The molecule has 1 rings (SSSR count). The molecule has 0 N–H and O–H groups in total. The Morgan fingerprint density at radius 3 is 1.67 bits per heavy atom. The molecule has 2 nitrogen and oxygen atoms in total. The zero-order valence-corrected chi connectivity index (χ0v) is 14.4. The Hall–Kier alpha value is -0.790. The van der Waals surface area contributed by atoms with Crippen molar-refractivity contribution in [3.05, 3.63) is 18.2 Å². The summed E-state index contributed by atoms with van der Waals surface area (Å²) < 4.78 is 2.14. The summed E-state index contributed by atoms with van der Waals surface area (Å²) in [7, 11) is 2.09. The molecule has 1 aromatic heterocycles. The van der Waals surface area contributed by atoms with E-state index in [1.165, 1.54) is 89.3 Å². The molecule has 0 aliphatic heterocycles. The highest BCUT2D eigenvalue weighted by atomic mass is 15.0. The summed E-state index contributed by atoms with van der Waals surface area (Å²) in [5.74, 6) is 1.23. The zero-order valence-electron chi connectivity index (χ0n) is 14.4. The van der Waals surface area contributed by atoms with Crippen LogP contribution in [-0.2, 0) is 13.5 Å². The van der Waals surface area contributed by atoms with Crippen LogP contribution in [-0.4, -0.2) is 9.55 Å². The van der Waals surface area contributed by atoms with Crippen molar-refractivity contribution in [2.45, 2.75) is 96.8 Å². The van der Waals surface area contributed by atoms with Gasteiger partial charge in [0.25, 0.3) is 0 Å². The van der Waals surface area contributed by atoms with Gasteiger partial charge in [0.1, 0.15) is 5.82 Å². The van der Waals surface area contributed by atoms with E-state index in [1.807, 2.05) is 12.4 Å². The Morgan fingerprint density at radius 2 is 1.24 bits per heavy atom. The second-order valence-electron chi connectivity index (χ2n) is 6.45. The minimum absolute atomic E-state index is 1.14. The van der Waals surface area contributed by atoms with Crippen LogP contribution in [0.15, 0.2) is 12.4 Å². The lowest BCUT2D eigenvalue weighted by molar-refractivity contribution is 0.537. The molecule has 122 valence electrons. The maximum atomic E-state index is 4.37. The molecule has 0 saturated carbocycles. The van der Waals surface area contributed by atoms with Crippen LogP contribution < -0.4 is 0 Å². The van der Waals surface area contributed by atoms with Crippen LogP contribution in [0.1, 0.15) is 96.2 Å². The Balaban J connectivity index is 1.76. The first-order valence-electron chi connectivity index (χ1n) is 9.30. The summed E-state index contributed by atoms with van der Waals surface area (Å²) >= 11 is 0. The van der Waals surface area contributed by atoms with E-state index < -0.39 is 0 Å². The van der Waals surface area contributed by atoms with Gasteiger partial charge in [0, 0.05) is 25.9 Å². The van der Waals surface area contributed by atoms with Gasteiger partial charge >= 0.3 is 0 Å². The van der Waals surface area contributed by atoms with Crippen LogP contribution in [0.4, 0.5) is 0 Å². The van der Waals surface area contributed by atoms with E-state index in [9.17, 15) is 0 Å². The van der Waals surface area contributed by atoms with Crippen LogP contribution in [0, 0.1) is 0 Å². The van der Waals surface area contributed by atoms with E-state index in [0.29, 0.717) is 0 Å². The number of hydrogen-bond acceptors (Lipinski definition) is 1. The number of imidazole rings is 1. The van der Waals surface area contributed by atoms with Gasteiger partial charge in [-0.3, -0.25) is 0 Å². The predicted octanol–water partition coefficient (Wildman–Crippen LogP) is 6.05. The third-order valence-corrected chi connectivity index (χ3v) is 4.42. The number of aromatic nitrogens is 2. The van der Waals surface area contributed by atoms with E-state index in [-0.39, 0.29) is 0 Å². The molecule has 0 amide bonds. The van der Waals surface area contributed by atoms with Crippen LogP contribution in [0.2, 0.25) is 0 Å². The monoisotopic (exact) mass is 292 g/mol. The van der Waals surface area contributed by atoms with Gasteiger partial charge in [-0.25, -0.2) is 4.98 Å². The van der Waals surface area contributed by atoms with Crippen molar-refractivity contribution in [2.75, 3.05) is 0 Å². The second-order valence-corrected chi connectivity index (χ2v) is 6.45. The summed E-state index contributed by atoms with van der Waals surface area (Å²) in [5.41, 5.74) is 0. The topological polar surface area (TPSA) is 17.8 Å². The molecule has 0 aliphatic carbocycles. The Kier molecular flexibility index (Phi) is 11.2. The molecule has 0 aromatic carbocycles. The molecule has 0 radical (unpaired) electrons. The molecule has 0 bridgehead atoms. The fraction of sp³-hybridized carbons (Fsp3) is 0.842. The molecule has 2 heteroatoms. The van der Waals surface area contributed by atoms with Crippen LogP contribution >= 0.6 is 0 Å². The first kappa shape index (κ1) is 18.3. The third kappa shape index (κ3) is 9.71. The molecule has 0 atom stereocenters. The fourth-order valence-corrected chi connectivity index (χ4v) is 2.94. The van der Waals surface area contributed by atoms with Crippen molar-refractivity contribution < 1.29 is 0 Å². The summed E-state index contributed by atoms with van der Waals surface area (Å²) in [6, 6.07) is 0. The maximum Gasteiger partial charge on any atom is 0.108 e. The van der Waals surface area contributed by atoms with E-state index in [4.69, 9.17) is 0 Å². The van der Waals surface area contributed by atoms with Gasteiger partial charge in [-0.05, 0) is 6.42 Å². The lowest BCUT2D eigenvalue weighted by Crippen LogP contribution is -1.97. The van der Waals surface area contributed by atoms with Crippen LogP contribution in [0.25, 0.3) is 0 Å². The van der Waals surface area contributed by atoms with Gasteiger partial charge in [0.15, 0.2) is 0 Å². The highest BCUT2D eigenvalue weighted by Crippen LogP contribution is 2.13. The Labute approximate surface area is 132 Å². The van der Waals surface area contributed by atoms with Crippen molar-refractivity contribution in [2.24, 2.45) is 7.05 Å². The number of hydrogen-bond donors (Lipinski definition) is 0. The van der Waals surface area contributed by atoms with Crippen LogP contribution in [0.3, 0.4) is 0 Å². The molecule has 21 heavy (non-hydrogen) atoms. The lowest BCUT2D eigenvalue weighted by Gasteiger charge is -2.03. The number of nitrogens with zero attached hydrogens (tertiary/aromatic N) is 2. The molecule has 0 spiro atoms. The summed E-state index contributed by atoms with van der Waals surface area (Å²) in [5, 5.41) is 0. The molecule has 0 saturated heterocycles. The number of rotatable bonds is 14. The van der Waals surface area contributed by atoms with E-state index >= 15 is 0 Å². The summed E-state index contributed by atoms with van der Waals surface area (Å²) in [6.07, 6.45) is 23.5.